The Morgan fingerprint density at radius 3 is 1.79 bits per heavy atom. The summed E-state index contributed by atoms with van der Waals surface area (Å²) in [6, 6.07) is 56.8. The highest BCUT2D eigenvalue weighted by Gasteiger charge is 2.16. The summed E-state index contributed by atoms with van der Waals surface area (Å²) in [5, 5.41) is 4.68. The monoisotopic (exact) mass is 615 g/mol. The van der Waals surface area contributed by atoms with Crippen LogP contribution < -0.4 is 0 Å². The van der Waals surface area contributed by atoms with Crippen molar-refractivity contribution >= 4 is 32.7 Å². The lowest BCUT2D eigenvalue weighted by atomic mass is 9.95. The van der Waals surface area contributed by atoms with Crippen LogP contribution in [-0.2, 0) is 6.42 Å². The Morgan fingerprint density at radius 2 is 1.04 bits per heavy atom. The average Bonchev–Trinajstić information content (AvgIpc) is 3.54. The Kier molecular flexibility index (Phi) is 6.83. The molecule has 0 aliphatic rings. The Labute approximate surface area is 278 Å². The van der Waals surface area contributed by atoms with Gasteiger partial charge in [0.15, 0.2) is 11.6 Å². The molecule has 2 aromatic heterocycles. The van der Waals surface area contributed by atoms with Crippen molar-refractivity contribution in [2.45, 2.75) is 6.42 Å². The molecule has 0 radical (unpaired) electrons. The minimum atomic E-state index is 0.540. The lowest BCUT2D eigenvalue weighted by molar-refractivity contribution is 0.668. The standard InChI is InChI=1S/C44H29N3O/c1-3-12-32(13-4-1)43-45-41(46-44(47-43)33-14-5-2-6-15-33)28-35-17-10-20-40-42(35)38-27-34(25-26-39(38)48-40)29-21-23-31(24-22-29)37-19-9-16-30-11-7-8-18-36(30)37/h1-27H,28H2. The van der Waals surface area contributed by atoms with Crippen LogP contribution in [0.2, 0.25) is 0 Å². The number of aromatic nitrogens is 3. The highest BCUT2D eigenvalue weighted by atomic mass is 16.3. The van der Waals surface area contributed by atoms with E-state index < -0.39 is 0 Å². The van der Waals surface area contributed by atoms with E-state index >= 15 is 0 Å². The van der Waals surface area contributed by atoms with Gasteiger partial charge < -0.3 is 4.42 Å². The lowest BCUT2D eigenvalue weighted by Crippen LogP contribution is -2.04. The molecule has 4 nitrogen and oxygen atoms in total. The lowest BCUT2D eigenvalue weighted by Gasteiger charge is -2.09. The predicted molar refractivity (Wildman–Crippen MR) is 196 cm³/mol. The van der Waals surface area contributed by atoms with Crippen molar-refractivity contribution in [2.24, 2.45) is 0 Å². The molecule has 0 atom stereocenters. The third-order valence-corrected chi connectivity index (χ3v) is 8.99. The van der Waals surface area contributed by atoms with Crippen LogP contribution in [0.25, 0.3) is 77.7 Å². The molecular weight excluding hydrogens is 587 g/mol. The number of furan rings is 1. The van der Waals surface area contributed by atoms with Gasteiger partial charge in [-0.25, -0.2) is 15.0 Å². The second-order valence-electron chi connectivity index (χ2n) is 12.0. The summed E-state index contributed by atoms with van der Waals surface area (Å²) >= 11 is 0. The Balaban J connectivity index is 1.11. The molecule has 0 bridgehead atoms. The highest BCUT2D eigenvalue weighted by Crippen LogP contribution is 2.36. The molecule has 0 saturated carbocycles. The second kappa shape index (κ2) is 11.8. The molecule has 0 N–H and O–H groups in total. The fraction of sp³-hybridized carbons (Fsp3) is 0.0227. The van der Waals surface area contributed by atoms with Gasteiger partial charge in [0.2, 0.25) is 0 Å². The first kappa shape index (κ1) is 27.9. The quantitative estimate of drug-likeness (QED) is 0.187. The van der Waals surface area contributed by atoms with Crippen LogP contribution in [0.3, 0.4) is 0 Å². The van der Waals surface area contributed by atoms with Crippen LogP contribution >= 0.6 is 0 Å². The van der Waals surface area contributed by atoms with Gasteiger partial charge in [0.25, 0.3) is 0 Å². The summed E-state index contributed by atoms with van der Waals surface area (Å²) in [7, 11) is 0. The summed E-state index contributed by atoms with van der Waals surface area (Å²) in [6.07, 6.45) is 0.540. The molecule has 0 aliphatic carbocycles. The Bertz CT molecular complexity index is 2510. The van der Waals surface area contributed by atoms with Crippen molar-refractivity contribution in [1.82, 2.24) is 15.0 Å². The topological polar surface area (TPSA) is 51.8 Å². The van der Waals surface area contributed by atoms with Crippen molar-refractivity contribution in [2.75, 3.05) is 0 Å². The van der Waals surface area contributed by atoms with Crippen molar-refractivity contribution in [3.8, 4) is 45.0 Å². The van der Waals surface area contributed by atoms with E-state index in [1.165, 1.54) is 21.9 Å². The fourth-order valence-corrected chi connectivity index (χ4v) is 6.65. The number of benzene rings is 7. The summed E-state index contributed by atoms with van der Waals surface area (Å²) < 4.78 is 6.37. The molecule has 226 valence electrons. The molecule has 0 aliphatic heterocycles. The summed E-state index contributed by atoms with van der Waals surface area (Å²) in [5.41, 5.74) is 9.49. The van der Waals surface area contributed by atoms with Crippen LogP contribution in [-0.4, -0.2) is 15.0 Å². The molecular formula is C44H29N3O. The van der Waals surface area contributed by atoms with Gasteiger partial charge in [0.05, 0.1) is 0 Å². The summed E-state index contributed by atoms with van der Waals surface area (Å²) in [4.78, 5) is 14.8. The zero-order valence-electron chi connectivity index (χ0n) is 26.0. The van der Waals surface area contributed by atoms with E-state index in [0.717, 1.165) is 49.8 Å². The maximum Gasteiger partial charge on any atom is 0.163 e. The van der Waals surface area contributed by atoms with Crippen molar-refractivity contribution in [3.63, 3.8) is 0 Å². The number of hydrogen-bond acceptors (Lipinski definition) is 4. The molecule has 0 spiro atoms. The van der Waals surface area contributed by atoms with Gasteiger partial charge in [-0.3, -0.25) is 0 Å². The smallest absolute Gasteiger partial charge is 0.163 e. The molecule has 0 saturated heterocycles. The maximum absolute atomic E-state index is 6.37. The first-order chi connectivity index (χ1) is 23.8. The van der Waals surface area contributed by atoms with Crippen molar-refractivity contribution < 1.29 is 4.42 Å². The van der Waals surface area contributed by atoms with Gasteiger partial charge in [-0.2, -0.15) is 0 Å². The molecule has 7 aromatic carbocycles. The van der Waals surface area contributed by atoms with Crippen LogP contribution in [0, 0.1) is 0 Å². The second-order valence-corrected chi connectivity index (χ2v) is 12.0. The van der Waals surface area contributed by atoms with Gasteiger partial charge >= 0.3 is 0 Å². The third kappa shape index (κ3) is 5.10. The Morgan fingerprint density at radius 1 is 0.417 bits per heavy atom. The maximum atomic E-state index is 6.37. The molecule has 9 rings (SSSR count). The SMILES string of the molecule is c1ccc(-c2nc(Cc3cccc4oc5ccc(-c6ccc(-c7cccc8ccccc78)cc6)cc5c34)nc(-c3ccccc3)n2)cc1. The predicted octanol–water partition coefficient (Wildman–Crippen LogP) is 11.2. The van der Waals surface area contributed by atoms with E-state index in [4.69, 9.17) is 19.4 Å². The average molecular weight is 616 g/mol. The van der Waals surface area contributed by atoms with Gasteiger partial charge in [-0.05, 0) is 56.8 Å². The molecule has 0 unspecified atom stereocenters. The number of rotatable bonds is 6. The number of hydrogen-bond donors (Lipinski definition) is 0. The zero-order valence-corrected chi connectivity index (χ0v) is 26.0. The van der Waals surface area contributed by atoms with E-state index in [-0.39, 0.29) is 0 Å². The minimum absolute atomic E-state index is 0.540. The molecule has 4 heteroatoms. The van der Waals surface area contributed by atoms with Crippen molar-refractivity contribution in [1.29, 1.82) is 0 Å². The van der Waals surface area contributed by atoms with E-state index in [0.29, 0.717) is 23.9 Å². The highest BCUT2D eigenvalue weighted by molar-refractivity contribution is 6.08. The van der Waals surface area contributed by atoms with E-state index in [2.05, 4.69) is 91.0 Å². The normalized spacial score (nSPS) is 11.4. The first-order valence-corrected chi connectivity index (χ1v) is 16.2. The van der Waals surface area contributed by atoms with Crippen LogP contribution in [0.4, 0.5) is 0 Å². The number of nitrogens with zero attached hydrogens (tertiary/aromatic N) is 3. The molecule has 2 heterocycles. The van der Waals surface area contributed by atoms with Crippen LogP contribution in [0.5, 0.6) is 0 Å². The Hall–Kier alpha value is -6.39. The van der Waals surface area contributed by atoms with Gasteiger partial charge in [-0.1, -0.05) is 146 Å². The van der Waals surface area contributed by atoms with Crippen molar-refractivity contribution in [3.05, 3.63) is 175 Å². The first-order valence-electron chi connectivity index (χ1n) is 16.2. The van der Waals surface area contributed by atoms with Gasteiger partial charge in [0.1, 0.15) is 17.0 Å². The molecule has 0 fully saturated rings. The van der Waals surface area contributed by atoms with Gasteiger partial charge in [-0.15, -0.1) is 0 Å². The van der Waals surface area contributed by atoms with Crippen LogP contribution in [0.15, 0.2) is 168 Å². The molecule has 0 amide bonds. The summed E-state index contributed by atoms with van der Waals surface area (Å²) in [6.45, 7) is 0. The summed E-state index contributed by atoms with van der Waals surface area (Å²) in [5.74, 6) is 2.04. The van der Waals surface area contributed by atoms with Gasteiger partial charge in [0, 0.05) is 28.3 Å². The third-order valence-electron chi connectivity index (χ3n) is 8.99. The van der Waals surface area contributed by atoms with Crippen LogP contribution in [0.1, 0.15) is 11.4 Å². The number of fused-ring (bicyclic) bond motifs is 4. The molecule has 9 aromatic rings. The van der Waals surface area contributed by atoms with E-state index in [9.17, 15) is 0 Å². The van der Waals surface area contributed by atoms with E-state index in [1.807, 2.05) is 72.8 Å². The zero-order chi connectivity index (χ0) is 31.9. The minimum Gasteiger partial charge on any atom is -0.456 e. The largest absolute Gasteiger partial charge is 0.456 e. The van der Waals surface area contributed by atoms with E-state index in [1.54, 1.807) is 0 Å². The molecule has 48 heavy (non-hydrogen) atoms. The fourth-order valence-electron chi connectivity index (χ4n) is 6.65.